The largest absolute Gasteiger partial charge is 0.307 e. The van der Waals surface area contributed by atoms with Gasteiger partial charge >= 0.3 is 0 Å². The molecule has 0 aliphatic carbocycles. The fourth-order valence-electron chi connectivity index (χ4n) is 1.43. The smallest absolute Gasteiger partial charge is 0.176 e. The minimum Gasteiger partial charge on any atom is -0.307 e. The zero-order valence-electron chi connectivity index (χ0n) is 9.92. The van der Waals surface area contributed by atoms with Crippen molar-refractivity contribution in [1.29, 1.82) is 0 Å². The van der Waals surface area contributed by atoms with Crippen LogP contribution in [0, 0.1) is 13.8 Å². The normalized spacial score (nSPS) is 10.7. The highest BCUT2D eigenvalue weighted by Crippen LogP contribution is 2.10. The zero-order chi connectivity index (χ0) is 11.4. The van der Waals surface area contributed by atoms with E-state index in [1.807, 2.05) is 45.9 Å². The first-order chi connectivity index (χ1) is 7.00. The number of nitrogens with one attached hydrogen (secondary N) is 1. The van der Waals surface area contributed by atoms with Crippen molar-refractivity contribution in [3.8, 4) is 0 Å². The lowest BCUT2D eigenvalue weighted by atomic mass is 10.0. The quantitative estimate of drug-likeness (QED) is 0.765. The van der Waals surface area contributed by atoms with Crippen LogP contribution in [0.1, 0.15) is 35.3 Å². The number of rotatable bonds is 4. The van der Waals surface area contributed by atoms with Gasteiger partial charge in [-0.05, 0) is 25.5 Å². The first-order valence-corrected chi connectivity index (χ1v) is 5.34. The molecule has 0 saturated heterocycles. The van der Waals surface area contributed by atoms with E-state index in [-0.39, 0.29) is 5.78 Å². The summed E-state index contributed by atoms with van der Waals surface area (Å²) < 4.78 is 0. The average Bonchev–Trinajstić information content (AvgIpc) is 2.18. The van der Waals surface area contributed by atoms with Crippen LogP contribution >= 0.6 is 0 Å². The van der Waals surface area contributed by atoms with E-state index in [9.17, 15) is 4.79 Å². The Labute approximate surface area is 91.7 Å². The van der Waals surface area contributed by atoms with E-state index < -0.39 is 0 Å². The van der Waals surface area contributed by atoms with Crippen molar-refractivity contribution in [2.24, 2.45) is 0 Å². The molecular formula is C13H19NO. The van der Waals surface area contributed by atoms with Crippen LogP contribution in [-0.4, -0.2) is 18.4 Å². The summed E-state index contributed by atoms with van der Waals surface area (Å²) in [7, 11) is 0. The Morgan fingerprint density at radius 3 is 2.60 bits per heavy atom. The molecule has 1 N–H and O–H groups in total. The molecule has 82 valence electrons. The molecule has 2 nitrogen and oxygen atoms in total. The van der Waals surface area contributed by atoms with E-state index in [1.54, 1.807) is 0 Å². The Kier molecular flexibility index (Phi) is 4.04. The van der Waals surface area contributed by atoms with Crippen LogP contribution in [0.25, 0.3) is 0 Å². The standard InChI is InChI=1S/C13H19NO/c1-9(2)14-8-13(15)12-7-10(3)5-6-11(12)4/h5-7,9,14H,8H2,1-4H3. The van der Waals surface area contributed by atoms with E-state index in [2.05, 4.69) is 5.32 Å². The van der Waals surface area contributed by atoms with Gasteiger partial charge < -0.3 is 5.32 Å². The average molecular weight is 205 g/mol. The maximum Gasteiger partial charge on any atom is 0.176 e. The van der Waals surface area contributed by atoms with E-state index in [0.29, 0.717) is 12.6 Å². The maximum atomic E-state index is 11.9. The van der Waals surface area contributed by atoms with Crippen molar-refractivity contribution in [3.63, 3.8) is 0 Å². The second-order valence-corrected chi connectivity index (χ2v) is 4.28. The molecule has 0 saturated carbocycles. The minimum atomic E-state index is 0.171. The zero-order valence-corrected chi connectivity index (χ0v) is 9.92. The number of Topliss-reactive ketones (excluding diaryl/α,β-unsaturated/α-hetero) is 1. The third-order valence-electron chi connectivity index (χ3n) is 2.36. The molecule has 0 spiro atoms. The van der Waals surface area contributed by atoms with Gasteiger partial charge in [0.2, 0.25) is 0 Å². The first-order valence-electron chi connectivity index (χ1n) is 5.34. The highest BCUT2D eigenvalue weighted by atomic mass is 16.1. The highest BCUT2D eigenvalue weighted by Gasteiger charge is 2.09. The molecule has 0 radical (unpaired) electrons. The lowest BCUT2D eigenvalue weighted by Crippen LogP contribution is -2.29. The molecule has 1 aromatic rings. The summed E-state index contributed by atoms with van der Waals surface area (Å²) in [5.41, 5.74) is 3.02. The van der Waals surface area contributed by atoms with E-state index in [4.69, 9.17) is 0 Å². The van der Waals surface area contributed by atoms with Crippen molar-refractivity contribution < 1.29 is 4.79 Å². The van der Waals surface area contributed by atoms with Gasteiger partial charge in [-0.1, -0.05) is 31.5 Å². The van der Waals surface area contributed by atoms with Crippen LogP contribution in [0.15, 0.2) is 18.2 Å². The van der Waals surface area contributed by atoms with Gasteiger partial charge in [0.25, 0.3) is 0 Å². The summed E-state index contributed by atoms with van der Waals surface area (Å²) in [6.45, 7) is 8.48. The topological polar surface area (TPSA) is 29.1 Å². The third-order valence-corrected chi connectivity index (χ3v) is 2.36. The first kappa shape index (κ1) is 11.9. The maximum absolute atomic E-state index is 11.9. The minimum absolute atomic E-state index is 0.171. The van der Waals surface area contributed by atoms with E-state index in [0.717, 1.165) is 16.7 Å². The van der Waals surface area contributed by atoms with Gasteiger partial charge in [-0.15, -0.1) is 0 Å². The van der Waals surface area contributed by atoms with Gasteiger partial charge in [0.05, 0.1) is 6.54 Å². The van der Waals surface area contributed by atoms with Crippen LogP contribution in [0.5, 0.6) is 0 Å². The van der Waals surface area contributed by atoms with Gasteiger partial charge in [-0.25, -0.2) is 0 Å². The van der Waals surface area contributed by atoms with Crippen LogP contribution in [0.4, 0.5) is 0 Å². The Morgan fingerprint density at radius 1 is 1.33 bits per heavy atom. The fraction of sp³-hybridized carbons (Fsp3) is 0.462. The van der Waals surface area contributed by atoms with Gasteiger partial charge in [-0.2, -0.15) is 0 Å². The molecule has 1 rings (SSSR count). The number of aryl methyl sites for hydroxylation is 2. The molecule has 0 aliphatic rings. The predicted molar refractivity (Wildman–Crippen MR) is 63.4 cm³/mol. The summed E-state index contributed by atoms with van der Waals surface area (Å²) in [5, 5.41) is 3.14. The summed E-state index contributed by atoms with van der Waals surface area (Å²) in [4.78, 5) is 11.9. The molecule has 0 unspecified atom stereocenters. The van der Waals surface area contributed by atoms with Gasteiger partial charge in [0, 0.05) is 11.6 Å². The van der Waals surface area contributed by atoms with Gasteiger partial charge in [0.15, 0.2) is 5.78 Å². The Balaban J connectivity index is 2.77. The number of hydrogen-bond donors (Lipinski definition) is 1. The molecule has 0 atom stereocenters. The van der Waals surface area contributed by atoms with Crippen LogP contribution < -0.4 is 5.32 Å². The van der Waals surface area contributed by atoms with Crippen molar-refractivity contribution >= 4 is 5.78 Å². The van der Waals surface area contributed by atoms with Crippen LogP contribution in [0.3, 0.4) is 0 Å². The summed E-state index contributed by atoms with van der Waals surface area (Å²) in [5.74, 6) is 0.171. The summed E-state index contributed by atoms with van der Waals surface area (Å²) in [6, 6.07) is 6.33. The lowest BCUT2D eigenvalue weighted by Gasteiger charge is -2.09. The van der Waals surface area contributed by atoms with Crippen LogP contribution in [-0.2, 0) is 0 Å². The molecule has 2 heteroatoms. The van der Waals surface area contributed by atoms with E-state index >= 15 is 0 Å². The SMILES string of the molecule is Cc1ccc(C)c(C(=O)CNC(C)C)c1. The Hall–Kier alpha value is -1.15. The molecule has 0 aromatic heterocycles. The second kappa shape index (κ2) is 5.08. The summed E-state index contributed by atoms with van der Waals surface area (Å²) >= 11 is 0. The van der Waals surface area contributed by atoms with Gasteiger partial charge in [-0.3, -0.25) is 4.79 Å². The van der Waals surface area contributed by atoms with Crippen molar-refractivity contribution in [2.45, 2.75) is 33.7 Å². The molecular weight excluding hydrogens is 186 g/mol. The van der Waals surface area contributed by atoms with Gasteiger partial charge in [0.1, 0.15) is 0 Å². The number of ketones is 1. The molecule has 0 amide bonds. The van der Waals surface area contributed by atoms with Crippen LogP contribution in [0.2, 0.25) is 0 Å². The number of carbonyl (C=O) groups is 1. The number of benzene rings is 1. The Morgan fingerprint density at radius 2 is 2.00 bits per heavy atom. The van der Waals surface area contributed by atoms with Crippen molar-refractivity contribution in [1.82, 2.24) is 5.32 Å². The fourth-order valence-corrected chi connectivity index (χ4v) is 1.43. The predicted octanol–water partition coefficient (Wildman–Crippen LogP) is 2.48. The lowest BCUT2D eigenvalue weighted by molar-refractivity contribution is 0.0988. The molecule has 1 aromatic carbocycles. The number of hydrogen-bond acceptors (Lipinski definition) is 2. The summed E-state index contributed by atoms with van der Waals surface area (Å²) in [6.07, 6.45) is 0. The van der Waals surface area contributed by atoms with Crippen molar-refractivity contribution in [2.75, 3.05) is 6.54 Å². The van der Waals surface area contributed by atoms with E-state index in [1.165, 1.54) is 0 Å². The number of carbonyl (C=O) groups excluding carboxylic acids is 1. The molecule has 15 heavy (non-hydrogen) atoms. The molecule has 0 fully saturated rings. The molecule has 0 aliphatic heterocycles. The highest BCUT2D eigenvalue weighted by molar-refractivity contribution is 5.99. The monoisotopic (exact) mass is 205 g/mol. The van der Waals surface area contributed by atoms with Crippen molar-refractivity contribution in [3.05, 3.63) is 34.9 Å². The molecule has 0 bridgehead atoms. The molecule has 0 heterocycles. The third kappa shape index (κ3) is 3.48. The Bertz CT molecular complexity index is 356. The second-order valence-electron chi connectivity index (χ2n) is 4.28.